The second kappa shape index (κ2) is 5.16. The molecule has 0 atom stereocenters. The number of aromatic nitrogens is 2. The first-order valence-electron chi connectivity index (χ1n) is 4.68. The van der Waals surface area contributed by atoms with Gasteiger partial charge in [-0.2, -0.15) is 16.7 Å². The summed E-state index contributed by atoms with van der Waals surface area (Å²) in [7, 11) is 0. The second-order valence-electron chi connectivity index (χ2n) is 3.30. The van der Waals surface area contributed by atoms with Crippen LogP contribution in [0, 0.1) is 0 Å². The fraction of sp³-hybridized carbons (Fsp3) is 0.200. The van der Waals surface area contributed by atoms with Crippen molar-refractivity contribution in [1.82, 2.24) is 10.1 Å². The Labute approximate surface area is 112 Å². The summed E-state index contributed by atoms with van der Waals surface area (Å²) in [5.74, 6) is 1.62. The zero-order valence-electron chi connectivity index (χ0n) is 8.91. The first-order chi connectivity index (χ1) is 8.11. The van der Waals surface area contributed by atoms with Gasteiger partial charge in [-0.1, -0.05) is 28.4 Å². The topological polar surface area (TPSA) is 64.9 Å². The molecule has 17 heavy (non-hydrogen) atoms. The van der Waals surface area contributed by atoms with E-state index in [1.807, 2.05) is 6.26 Å². The number of rotatable bonds is 3. The van der Waals surface area contributed by atoms with Crippen LogP contribution in [0.4, 0.5) is 5.69 Å². The number of nitrogens with two attached hydrogens (primary N) is 1. The monoisotopic (exact) mass is 289 g/mol. The van der Waals surface area contributed by atoms with Crippen LogP contribution in [0.1, 0.15) is 5.82 Å². The van der Waals surface area contributed by atoms with E-state index in [2.05, 4.69) is 10.1 Å². The van der Waals surface area contributed by atoms with Gasteiger partial charge in [0.25, 0.3) is 5.89 Å². The smallest absolute Gasteiger partial charge is 0.260 e. The van der Waals surface area contributed by atoms with Gasteiger partial charge in [-0.05, 0) is 18.4 Å². The molecule has 0 saturated heterocycles. The van der Waals surface area contributed by atoms with Gasteiger partial charge in [0.05, 0.1) is 22.0 Å². The summed E-state index contributed by atoms with van der Waals surface area (Å²) < 4.78 is 5.12. The molecule has 0 fully saturated rings. The summed E-state index contributed by atoms with van der Waals surface area (Å²) in [6.07, 6.45) is 1.96. The van der Waals surface area contributed by atoms with Crippen molar-refractivity contribution in [2.75, 3.05) is 12.0 Å². The van der Waals surface area contributed by atoms with Gasteiger partial charge in [-0.3, -0.25) is 0 Å². The molecule has 1 aromatic heterocycles. The predicted octanol–water partition coefficient (Wildman–Crippen LogP) is 3.49. The van der Waals surface area contributed by atoms with Gasteiger partial charge in [0.2, 0.25) is 0 Å². The van der Waals surface area contributed by atoms with Gasteiger partial charge in [-0.15, -0.1) is 0 Å². The highest BCUT2D eigenvalue weighted by molar-refractivity contribution is 7.97. The van der Waals surface area contributed by atoms with Crippen LogP contribution in [0.2, 0.25) is 10.0 Å². The van der Waals surface area contributed by atoms with Crippen molar-refractivity contribution in [2.45, 2.75) is 5.75 Å². The third-order valence-electron chi connectivity index (χ3n) is 2.07. The fourth-order valence-corrected chi connectivity index (χ4v) is 2.18. The van der Waals surface area contributed by atoms with Crippen molar-refractivity contribution in [1.29, 1.82) is 0 Å². The van der Waals surface area contributed by atoms with Gasteiger partial charge in [0, 0.05) is 5.02 Å². The van der Waals surface area contributed by atoms with E-state index >= 15 is 0 Å². The van der Waals surface area contributed by atoms with Gasteiger partial charge < -0.3 is 10.3 Å². The summed E-state index contributed by atoms with van der Waals surface area (Å²) in [5.41, 5.74) is 6.79. The molecule has 0 unspecified atom stereocenters. The van der Waals surface area contributed by atoms with E-state index in [0.29, 0.717) is 38.8 Å². The third-order valence-corrected chi connectivity index (χ3v) is 3.14. The zero-order valence-corrected chi connectivity index (χ0v) is 11.2. The normalized spacial score (nSPS) is 10.8. The Kier molecular flexibility index (Phi) is 3.81. The SMILES string of the molecule is CSCc1noc(-c2cc(Cl)cc(Cl)c2N)n1. The van der Waals surface area contributed by atoms with Crippen molar-refractivity contribution in [3.63, 3.8) is 0 Å². The van der Waals surface area contributed by atoms with Crippen molar-refractivity contribution in [2.24, 2.45) is 0 Å². The number of thioether (sulfide) groups is 1. The molecular formula is C10H9Cl2N3OS. The highest BCUT2D eigenvalue weighted by atomic mass is 35.5. The molecule has 90 valence electrons. The first-order valence-corrected chi connectivity index (χ1v) is 6.83. The summed E-state index contributed by atoms with van der Waals surface area (Å²) in [5, 5.41) is 4.68. The van der Waals surface area contributed by atoms with Crippen LogP contribution in [0.3, 0.4) is 0 Å². The van der Waals surface area contributed by atoms with E-state index < -0.39 is 0 Å². The minimum atomic E-state index is 0.330. The molecular weight excluding hydrogens is 281 g/mol. The molecule has 1 heterocycles. The predicted molar refractivity (Wildman–Crippen MR) is 71.4 cm³/mol. The Morgan fingerprint density at radius 3 is 2.88 bits per heavy atom. The molecule has 0 amide bonds. The number of benzene rings is 1. The third kappa shape index (κ3) is 2.68. The van der Waals surface area contributed by atoms with Crippen molar-refractivity contribution < 1.29 is 4.52 Å². The van der Waals surface area contributed by atoms with Gasteiger partial charge in [-0.25, -0.2) is 0 Å². The number of anilines is 1. The van der Waals surface area contributed by atoms with E-state index in [1.165, 1.54) is 0 Å². The van der Waals surface area contributed by atoms with Crippen LogP contribution in [-0.4, -0.2) is 16.4 Å². The van der Waals surface area contributed by atoms with Crippen LogP contribution in [0.15, 0.2) is 16.7 Å². The molecule has 2 rings (SSSR count). The lowest BCUT2D eigenvalue weighted by Crippen LogP contribution is -1.92. The molecule has 2 aromatic rings. The average molecular weight is 290 g/mol. The van der Waals surface area contributed by atoms with Crippen LogP contribution in [0.25, 0.3) is 11.5 Å². The quantitative estimate of drug-likeness (QED) is 0.876. The standard InChI is InChI=1S/C10H9Cl2N3OS/c1-17-4-8-14-10(16-15-8)6-2-5(11)3-7(12)9(6)13/h2-3H,4,13H2,1H3. The Hall–Kier alpha value is -0.910. The lowest BCUT2D eigenvalue weighted by atomic mass is 10.2. The van der Waals surface area contributed by atoms with E-state index in [4.69, 9.17) is 33.5 Å². The highest BCUT2D eigenvalue weighted by Gasteiger charge is 2.14. The maximum atomic E-state index is 5.93. The molecule has 0 spiro atoms. The Bertz CT molecular complexity index is 544. The number of hydrogen-bond acceptors (Lipinski definition) is 5. The molecule has 0 radical (unpaired) electrons. The Morgan fingerprint density at radius 1 is 1.41 bits per heavy atom. The molecule has 0 aliphatic carbocycles. The molecule has 0 aliphatic rings. The van der Waals surface area contributed by atoms with Crippen LogP contribution < -0.4 is 5.73 Å². The zero-order chi connectivity index (χ0) is 12.4. The highest BCUT2D eigenvalue weighted by Crippen LogP contribution is 2.34. The van der Waals surface area contributed by atoms with Crippen LogP contribution in [-0.2, 0) is 5.75 Å². The van der Waals surface area contributed by atoms with E-state index in [0.717, 1.165) is 0 Å². The molecule has 0 aliphatic heterocycles. The maximum Gasteiger partial charge on any atom is 0.260 e. The van der Waals surface area contributed by atoms with E-state index in [-0.39, 0.29) is 0 Å². The second-order valence-corrected chi connectivity index (χ2v) is 5.01. The summed E-state index contributed by atoms with van der Waals surface area (Å²) in [6, 6.07) is 3.22. The van der Waals surface area contributed by atoms with Crippen LogP contribution in [0.5, 0.6) is 0 Å². The molecule has 2 N–H and O–H groups in total. The van der Waals surface area contributed by atoms with Gasteiger partial charge >= 0.3 is 0 Å². The van der Waals surface area contributed by atoms with Crippen LogP contribution >= 0.6 is 35.0 Å². The number of nitrogens with zero attached hydrogens (tertiary/aromatic N) is 2. The largest absolute Gasteiger partial charge is 0.397 e. The summed E-state index contributed by atoms with van der Waals surface area (Å²) >= 11 is 13.4. The first kappa shape index (κ1) is 12.5. The molecule has 1 aromatic carbocycles. The molecule has 0 bridgehead atoms. The van der Waals surface area contributed by atoms with E-state index in [1.54, 1.807) is 23.9 Å². The minimum absolute atomic E-state index is 0.330. The lowest BCUT2D eigenvalue weighted by molar-refractivity contribution is 0.425. The minimum Gasteiger partial charge on any atom is -0.397 e. The summed E-state index contributed by atoms with van der Waals surface area (Å²) in [6.45, 7) is 0. The fourth-order valence-electron chi connectivity index (χ4n) is 1.31. The van der Waals surface area contributed by atoms with Gasteiger partial charge in [0.15, 0.2) is 5.82 Å². The number of nitrogen functional groups attached to an aromatic ring is 1. The molecule has 4 nitrogen and oxygen atoms in total. The molecule has 0 saturated carbocycles. The summed E-state index contributed by atoms with van der Waals surface area (Å²) in [4.78, 5) is 4.22. The van der Waals surface area contributed by atoms with Crippen molar-refractivity contribution in [3.05, 3.63) is 28.0 Å². The van der Waals surface area contributed by atoms with Crippen molar-refractivity contribution >= 4 is 40.7 Å². The maximum absolute atomic E-state index is 5.93. The van der Waals surface area contributed by atoms with Gasteiger partial charge in [0.1, 0.15) is 0 Å². The lowest BCUT2D eigenvalue weighted by Gasteiger charge is -2.03. The average Bonchev–Trinajstić information content (AvgIpc) is 2.72. The van der Waals surface area contributed by atoms with E-state index in [9.17, 15) is 0 Å². The Morgan fingerprint density at radius 2 is 2.18 bits per heavy atom. The Balaban J connectivity index is 2.44. The number of halogens is 2. The molecule has 7 heteroatoms. The number of hydrogen-bond donors (Lipinski definition) is 1. The van der Waals surface area contributed by atoms with Crippen molar-refractivity contribution in [3.8, 4) is 11.5 Å².